The quantitative estimate of drug-likeness (QED) is 0.523. The molecule has 1 saturated carbocycles. The van der Waals surface area contributed by atoms with Crippen LogP contribution in [0.2, 0.25) is 0 Å². The van der Waals surface area contributed by atoms with Crippen LogP contribution >= 0.6 is 0 Å². The van der Waals surface area contributed by atoms with Gasteiger partial charge in [-0.2, -0.15) is 0 Å². The summed E-state index contributed by atoms with van der Waals surface area (Å²) >= 11 is 0. The van der Waals surface area contributed by atoms with E-state index in [0.717, 1.165) is 38.0 Å². The fraction of sp³-hybridized carbons (Fsp3) is 0.882. The van der Waals surface area contributed by atoms with Crippen molar-refractivity contribution in [3.63, 3.8) is 0 Å². The average molecular weight is 282 g/mol. The van der Waals surface area contributed by atoms with E-state index in [0.29, 0.717) is 18.9 Å². The Balaban J connectivity index is 2.60. The number of hydrogen-bond acceptors (Lipinski definition) is 3. The predicted molar refractivity (Wildman–Crippen MR) is 80.3 cm³/mol. The molecule has 1 aliphatic rings. The van der Waals surface area contributed by atoms with Crippen molar-refractivity contribution in [3.05, 3.63) is 0 Å². The Morgan fingerprint density at radius 2 is 1.70 bits per heavy atom. The smallest absolute Gasteiger partial charge is 0.316 e. The molecule has 0 aliphatic heterocycles. The minimum Gasteiger partial charge on any atom is -0.465 e. The molecule has 0 amide bonds. The first-order chi connectivity index (χ1) is 9.51. The third-order valence-corrected chi connectivity index (χ3v) is 4.61. The Kier molecular flexibility index (Phi) is 7.25. The summed E-state index contributed by atoms with van der Waals surface area (Å²) in [5, 5.41) is 0. The second kappa shape index (κ2) is 8.43. The number of Topliss-reactive ketones (excluding diaryl/α,β-unsaturated/α-hetero) is 1. The van der Waals surface area contributed by atoms with Gasteiger partial charge in [-0.05, 0) is 50.9 Å². The third kappa shape index (κ3) is 4.60. The highest BCUT2D eigenvalue weighted by Crippen LogP contribution is 2.35. The van der Waals surface area contributed by atoms with E-state index in [2.05, 4.69) is 13.8 Å². The zero-order valence-corrected chi connectivity index (χ0v) is 13.5. The van der Waals surface area contributed by atoms with E-state index < -0.39 is 5.92 Å². The lowest BCUT2D eigenvalue weighted by Gasteiger charge is -2.31. The number of ketones is 1. The molecular formula is C17H30O3. The van der Waals surface area contributed by atoms with Crippen molar-refractivity contribution in [1.82, 2.24) is 0 Å². The first kappa shape index (κ1) is 17.2. The summed E-state index contributed by atoms with van der Waals surface area (Å²) in [7, 11) is 0. The van der Waals surface area contributed by atoms with Gasteiger partial charge >= 0.3 is 5.97 Å². The summed E-state index contributed by atoms with van der Waals surface area (Å²) in [6.07, 6.45) is 5.60. The molecule has 0 aromatic heterocycles. The Hall–Kier alpha value is -0.860. The summed E-state index contributed by atoms with van der Waals surface area (Å²) in [6, 6.07) is 0. The zero-order valence-electron chi connectivity index (χ0n) is 13.5. The number of carbonyl (C=O) groups is 2. The monoisotopic (exact) mass is 282 g/mol. The Labute approximate surface area is 123 Å². The lowest BCUT2D eigenvalue weighted by molar-refractivity contribution is -0.153. The normalized spacial score (nSPS) is 24.4. The van der Waals surface area contributed by atoms with Crippen LogP contribution in [0.25, 0.3) is 0 Å². The molecule has 0 heterocycles. The fourth-order valence-electron chi connectivity index (χ4n) is 3.26. The van der Waals surface area contributed by atoms with Crippen molar-refractivity contribution < 1.29 is 14.3 Å². The van der Waals surface area contributed by atoms with Crippen LogP contribution in [-0.4, -0.2) is 18.4 Å². The standard InChI is InChI=1S/C17H30O3/c1-5-7-15(17(19)20-6-2)16(18)14-10-8-13(9-11-14)12(3)4/h12-15H,5-11H2,1-4H3. The molecule has 116 valence electrons. The Morgan fingerprint density at radius 3 is 2.15 bits per heavy atom. The van der Waals surface area contributed by atoms with Gasteiger partial charge in [0.05, 0.1) is 6.61 Å². The molecule has 3 nitrogen and oxygen atoms in total. The van der Waals surface area contributed by atoms with Gasteiger partial charge in [0.15, 0.2) is 0 Å². The summed E-state index contributed by atoms with van der Waals surface area (Å²) in [5.41, 5.74) is 0. The average Bonchev–Trinajstić information content (AvgIpc) is 2.44. The molecule has 0 aromatic rings. The predicted octanol–water partition coefficient (Wildman–Crippen LogP) is 4.00. The highest BCUT2D eigenvalue weighted by molar-refractivity contribution is 6.00. The van der Waals surface area contributed by atoms with E-state index in [-0.39, 0.29) is 17.7 Å². The van der Waals surface area contributed by atoms with Crippen molar-refractivity contribution in [2.45, 2.75) is 66.2 Å². The van der Waals surface area contributed by atoms with Gasteiger partial charge < -0.3 is 4.74 Å². The molecule has 3 heteroatoms. The number of rotatable bonds is 7. The van der Waals surface area contributed by atoms with Crippen LogP contribution in [0.15, 0.2) is 0 Å². The van der Waals surface area contributed by atoms with E-state index in [1.807, 2.05) is 6.92 Å². The van der Waals surface area contributed by atoms with Crippen LogP contribution in [-0.2, 0) is 14.3 Å². The molecule has 1 aliphatic carbocycles. The van der Waals surface area contributed by atoms with Crippen molar-refractivity contribution in [1.29, 1.82) is 0 Å². The van der Waals surface area contributed by atoms with Gasteiger partial charge in [-0.15, -0.1) is 0 Å². The summed E-state index contributed by atoms with van der Waals surface area (Å²) in [6.45, 7) is 8.66. The molecule has 0 spiro atoms. The molecule has 1 fully saturated rings. The van der Waals surface area contributed by atoms with Gasteiger partial charge in [0.1, 0.15) is 11.7 Å². The molecule has 1 rings (SSSR count). The van der Waals surface area contributed by atoms with E-state index >= 15 is 0 Å². The Morgan fingerprint density at radius 1 is 1.10 bits per heavy atom. The van der Waals surface area contributed by atoms with Crippen molar-refractivity contribution in [2.75, 3.05) is 6.61 Å². The van der Waals surface area contributed by atoms with E-state index in [4.69, 9.17) is 4.74 Å². The summed E-state index contributed by atoms with van der Waals surface area (Å²) < 4.78 is 5.07. The van der Waals surface area contributed by atoms with Gasteiger partial charge in [-0.1, -0.05) is 27.2 Å². The zero-order chi connectivity index (χ0) is 15.1. The minimum absolute atomic E-state index is 0.0750. The van der Waals surface area contributed by atoms with E-state index in [1.165, 1.54) is 0 Å². The molecule has 20 heavy (non-hydrogen) atoms. The molecule has 1 unspecified atom stereocenters. The molecule has 1 atom stereocenters. The minimum atomic E-state index is -0.527. The van der Waals surface area contributed by atoms with Crippen LogP contribution in [0, 0.1) is 23.7 Å². The lowest BCUT2D eigenvalue weighted by Crippen LogP contribution is -2.34. The molecule has 0 aromatic carbocycles. The SMILES string of the molecule is CCCC(C(=O)OCC)C(=O)C1CCC(C(C)C)CC1. The molecule has 0 saturated heterocycles. The van der Waals surface area contributed by atoms with Crippen LogP contribution in [0.1, 0.15) is 66.2 Å². The van der Waals surface area contributed by atoms with E-state index in [1.54, 1.807) is 6.92 Å². The van der Waals surface area contributed by atoms with Crippen molar-refractivity contribution in [2.24, 2.45) is 23.7 Å². The molecular weight excluding hydrogens is 252 g/mol. The molecule has 0 bridgehead atoms. The number of carbonyl (C=O) groups excluding carboxylic acids is 2. The maximum absolute atomic E-state index is 12.6. The van der Waals surface area contributed by atoms with Gasteiger partial charge in [-0.25, -0.2) is 0 Å². The van der Waals surface area contributed by atoms with Crippen LogP contribution in [0.3, 0.4) is 0 Å². The lowest BCUT2D eigenvalue weighted by atomic mass is 9.73. The maximum Gasteiger partial charge on any atom is 0.316 e. The fourth-order valence-corrected chi connectivity index (χ4v) is 3.26. The summed E-state index contributed by atoms with van der Waals surface area (Å²) in [5.74, 6) is 0.804. The first-order valence-corrected chi connectivity index (χ1v) is 8.21. The topological polar surface area (TPSA) is 43.4 Å². The van der Waals surface area contributed by atoms with Crippen LogP contribution in [0.5, 0.6) is 0 Å². The largest absolute Gasteiger partial charge is 0.465 e. The highest BCUT2D eigenvalue weighted by Gasteiger charge is 2.35. The molecule has 0 radical (unpaired) electrons. The number of ether oxygens (including phenoxy) is 1. The Bertz CT molecular complexity index is 314. The molecule has 0 N–H and O–H groups in total. The second-order valence-corrected chi connectivity index (χ2v) is 6.35. The van der Waals surface area contributed by atoms with Gasteiger partial charge in [0.25, 0.3) is 0 Å². The van der Waals surface area contributed by atoms with Crippen molar-refractivity contribution in [3.8, 4) is 0 Å². The van der Waals surface area contributed by atoms with E-state index in [9.17, 15) is 9.59 Å². The van der Waals surface area contributed by atoms with Crippen molar-refractivity contribution >= 4 is 11.8 Å². The van der Waals surface area contributed by atoms with Gasteiger partial charge in [-0.3, -0.25) is 9.59 Å². The number of esters is 1. The van der Waals surface area contributed by atoms with Gasteiger partial charge in [0.2, 0.25) is 0 Å². The number of hydrogen-bond donors (Lipinski definition) is 0. The van der Waals surface area contributed by atoms with Gasteiger partial charge in [0, 0.05) is 5.92 Å². The highest BCUT2D eigenvalue weighted by atomic mass is 16.5. The van der Waals surface area contributed by atoms with Crippen LogP contribution in [0.4, 0.5) is 0 Å². The third-order valence-electron chi connectivity index (χ3n) is 4.61. The first-order valence-electron chi connectivity index (χ1n) is 8.21. The second-order valence-electron chi connectivity index (χ2n) is 6.35. The summed E-state index contributed by atoms with van der Waals surface area (Å²) in [4.78, 5) is 24.5. The maximum atomic E-state index is 12.6. The van der Waals surface area contributed by atoms with Crippen LogP contribution < -0.4 is 0 Å².